The van der Waals surface area contributed by atoms with Crippen LogP contribution in [0, 0.1) is 13.8 Å². The zero-order valence-electron chi connectivity index (χ0n) is 15.4. The van der Waals surface area contributed by atoms with E-state index in [-0.39, 0.29) is 25.2 Å². The fraction of sp³-hybridized carbons (Fsp3) is 0.556. The molecule has 0 N–H and O–H groups in total. The number of esters is 2. The van der Waals surface area contributed by atoms with E-state index in [1.54, 1.807) is 25.6 Å². The molecule has 0 radical (unpaired) electrons. The maximum Gasteiger partial charge on any atom is 0.306 e. The molecule has 27 heavy (non-hydrogen) atoms. The molecule has 0 saturated carbocycles. The quantitative estimate of drug-likeness (QED) is 0.620. The predicted octanol–water partition coefficient (Wildman–Crippen LogP) is 1.21. The molecular formula is C18H22N2O6S. The molecule has 0 amide bonds. The highest BCUT2D eigenvalue weighted by Crippen LogP contribution is 2.15. The maximum atomic E-state index is 12.5. The van der Waals surface area contributed by atoms with Crippen molar-refractivity contribution in [1.29, 1.82) is 0 Å². The summed E-state index contributed by atoms with van der Waals surface area (Å²) in [5, 5.41) is 0. The number of carbonyl (C=O) groups excluding carboxylic acids is 2. The van der Waals surface area contributed by atoms with Crippen molar-refractivity contribution in [2.45, 2.75) is 52.7 Å². The minimum absolute atomic E-state index is 0.113. The zero-order chi connectivity index (χ0) is 19.6. The Morgan fingerprint density at radius 3 is 1.63 bits per heavy atom. The Morgan fingerprint density at radius 1 is 0.741 bits per heavy atom. The van der Waals surface area contributed by atoms with Crippen molar-refractivity contribution in [1.82, 2.24) is 9.03 Å². The van der Waals surface area contributed by atoms with E-state index in [9.17, 15) is 19.2 Å². The number of cyclic esters (lactones) is 2. The van der Waals surface area contributed by atoms with Crippen molar-refractivity contribution in [2.24, 2.45) is 0 Å². The summed E-state index contributed by atoms with van der Waals surface area (Å²) in [7, 11) is 0. The molecule has 0 bridgehead atoms. The summed E-state index contributed by atoms with van der Waals surface area (Å²) in [4.78, 5) is 49.0. The van der Waals surface area contributed by atoms with Gasteiger partial charge in [0.1, 0.15) is 13.2 Å². The third kappa shape index (κ3) is 3.87. The van der Waals surface area contributed by atoms with Gasteiger partial charge in [0.25, 0.3) is 11.1 Å². The number of hydrogen-bond donors (Lipinski definition) is 0. The second-order valence-electron chi connectivity index (χ2n) is 6.52. The lowest BCUT2D eigenvalue weighted by Gasteiger charge is -2.10. The van der Waals surface area contributed by atoms with Gasteiger partial charge in [0.2, 0.25) is 0 Å². The average molecular weight is 394 g/mol. The molecule has 9 heteroatoms. The first-order valence-electron chi connectivity index (χ1n) is 8.89. The third-order valence-corrected chi connectivity index (χ3v) is 5.84. The van der Waals surface area contributed by atoms with Crippen LogP contribution in [-0.4, -0.2) is 32.5 Å². The number of rotatable bonds is 0. The van der Waals surface area contributed by atoms with Gasteiger partial charge in [-0.2, -0.15) is 16.3 Å². The highest BCUT2D eigenvalue weighted by Gasteiger charge is 2.24. The van der Waals surface area contributed by atoms with E-state index >= 15 is 0 Å². The monoisotopic (exact) mass is 394 g/mol. The van der Waals surface area contributed by atoms with Gasteiger partial charge in [-0.15, -0.1) is 0 Å². The van der Waals surface area contributed by atoms with Crippen LogP contribution < -0.4 is 11.1 Å². The largest absolute Gasteiger partial charge is 0.459 e. The Kier molecular flexibility index (Phi) is 5.88. The summed E-state index contributed by atoms with van der Waals surface area (Å²) in [6.07, 6.45) is 1.95. The van der Waals surface area contributed by atoms with Crippen LogP contribution in [0.4, 0.5) is 0 Å². The van der Waals surface area contributed by atoms with Gasteiger partial charge >= 0.3 is 11.9 Å². The Bertz CT molecular complexity index is 903. The normalized spacial score (nSPS) is 17.7. The number of aromatic nitrogens is 2. The Hall–Kier alpha value is -2.29. The maximum absolute atomic E-state index is 12.5. The van der Waals surface area contributed by atoms with Crippen molar-refractivity contribution >= 4 is 23.7 Å². The van der Waals surface area contributed by atoms with Gasteiger partial charge in [0.15, 0.2) is 0 Å². The first kappa shape index (κ1) is 19.5. The topological polar surface area (TPSA) is 95.6 Å². The van der Waals surface area contributed by atoms with Crippen LogP contribution in [-0.2, 0) is 32.3 Å². The number of ether oxygens (including phenoxy) is 2. The SMILES string of the molecule is Cc1c2n3c(c(C)c(=O)n3c1=O)COC(=O)CCCSCCCC(=O)OC2. The molecule has 0 aromatic carbocycles. The van der Waals surface area contributed by atoms with E-state index in [4.69, 9.17) is 9.47 Å². The third-order valence-electron chi connectivity index (χ3n) is 4.68. The summed E-state index contributed by atoms with van der Waals surface area (Å²) in [5.74, 6) is 0.941. The first-order chi connectivity index (χ1) is 12.9. The summed E-state index contributed by atoms with van der Waals surface area (Å²) in [6, 6.07) is 0. The van der Waals surface area contributed by atoms with Gasteiger partial charge in [-0.05, 0) is 38.2 Å². The average Bonchev–Trinajstić information content (AvgIpc) is 3.02. The molecule has 0 atom stereocenters. The van der Waals surface area contributed by atoms with Crippen molar-refractivity contribution in [3.05, 3.63) is 43.2 Å². The number of nitrogens with zero attached hydrogens (tertiary/aromatic N) is 2. The summed E-state index contributed by atoms with van der Waals surface area (Å²) in [6.45, 7) is 2.95. The number of carbonyl (C=O) groups is 2. The summed E-state index contributed by atoms with van der Waals surface area (Å²) >= 11 is 1.68. The van der Waals surface area contributed by atoms with Gasteiger partial charge in [-0.1, -0.05) is 0 Å². The molecule has 1 aliphatic rings. The molecule has 1 aliphatic heterocycles. The van der Waals surface area contributed by atoms with Crippen LogP contribution >= 0.6 is 11.8 Å². The minimum atomic E-state index is -0.457. The molecule has 146 valence electrons. The molecule has 3 heterocycles. The fourth-order valence-corrected chi connectivity index (χ4v) is 3.98. The molecule has 0 unspecified atom stereocenters. The van der Waals surface area contributed by atoms with Gasteiger partial charge in [-0.3, -0.25) is 19.2 Å². The van der Waals surface area contributed by atoms with Crippen molar-refractivity contribution < 1.29 is 19.1 Å². The first-order valence-corrected chi connectivity index (χ1v) is 10.0. The molecule has 8 nitrogen and oxygen atoms in total. The Labute approximate surface area is 159 Å². The van der Waals surface area contributed by atoms with Gasteiger partial charge in [0, 0.05) is 24.0 Å². The van der Waals surface area contributed by atoms with E-state index in [1.807, 2.05) is 0 Å². The summed E-state index contributed by atoms with van der Waals surface area (Å²) in [5.41, 5.74) is 0.604. The van der Waals surface area contributed by atoms with Gasteiger partial charge < -0.3 is 9.47 Å². The lowest BCUT2D eigenvalue weighted by molar-refractivity contribution is -0.145. The van der Waals surface area contributed by atoms with Crippen LogP contribution in [0.2, 0.25) is 0 Å². The van der Waals surface area contributed by atoms with Crippen LogP contribution in [0.1, 0.15) is 48.2 Å². The Morgan fingerprint density at radius 2 is 1.19 bits per heavy atom. The second kappa shape index (κ2) is 8.16. The zero-order valence-corrected chi connectivity index (χ0v) is 16.2. The van der Waals surface area contributed by atoms with Gasteiger partial charge in [0.05, 0.1) is 11.4 Å². The van der Waals surface area contributed by atoms with E-state index in [2.05, 4.69) is 0 Å². The lowest BCUT2D eigenvalue weighted by Crippen LogP contribution is -2.23. The van der Waals surface area contributed by atoms with E-state index in [1.165, 1.54) is 4.52 Å². The standard InChI is InChI=1S/C18H22N2O6S/c1-11-13-9-25-15(21)5-3-7-27-8-4-6-16(22)26-10-14-12(2)18(24)20(17(11)23)19(13)14/h3-10H2,1-2H3. The predicted molar refractivity (Wildman–Crippen MR) is 99.4 cm³/mol. The van der Waals surface area contributed by atoms with Crippen molar-refractivity contribution in [2.75, 3.05) is 11.5 Å². The molecule has 3 rings (SSSR count). The smallest absolute Gasteiger partial charge is 0.306 e. The highest BCUT2D eigenvalue weighted by molar-refractivity contribution is 7.99. The van der Waals surface area contributed by atoms with Crippen LogP contribution in [0.5, 0.6) is 0 Å². The van der Waals surface area contributed by atoms with E-state index < -0.39 is 11.1 Å². The second-order valence-corrected chi connectivity index (χ2v) is 7.74. The van der Waals surface area contributed by atoms with E-state index in [0.717, 1.165) is 16.0 Å². The van der Waals surface area contributed by atoms with E-state index in [0.29, 0.717) is 48.2 Å². The van der Waals surface area contributed by atoms with Crippen molar-refractivity contribution in [3.8, 4) is 0 Å². The molecule has 0 aliphatic carbocycles. The molecule has 0 saturated heterocycles. The van der Waals surface area contributed by atoms with Crippen LogP contribution in [0.3, 0.4) is 0 Å². The molecule has 2 aromatic heterocycles. The molecule has 0 fully saturated rings. The molecule has 0 spiro atoms. The molecular weight excluding hydrogens is 372 g/mol. The highest BCUT2D eigenvalue weighted by atomic mass is 32.2. The van der Waals surface area contributed by atoms with Crippen LogP contribution in [0.15, 0.2) is 9.59 Å². The lowest BCUT2D eigenvalue weighted by atomic mass is 10.2. The number of thioether (sulfide) groups is 1. The number of hydrogen-bond acceptors (Lipinski definition) is 7. The minimum Gasteiger partial charge on any atom is -0.459 e. The van der Waals surface area contributed by atoms with Gasteiger partial charge in [-0.25, -0.2) is 4.52 Å². The molecule has 2 aromatic rings. The summed E-state index contributed by atoms with van der Waals surface area (Å²) < 4.78 is 13.1. The fourth-order valence-electron chi connectivity index (χ4n) is 3.08. The van der Waals surface area contributed by atoms with Crippen LogP contribution in [0.25, 0.3) is 0 Å². The van der Waals surface area contributed by atoms with Crippen molar-refractivity contribution in [3.63, 3.8) is 0 Å². The Balaban J connectivity index is 2.02.